The molecule has 0 aliphatic carbocycles. The lowest BCUT2D eigenvalue weighted by molar-refractivity contribution is 0.0250. The maximum atomic E-state index is 14.5. The summed E-state index contributed by atoms with van der Waals surface area (Å²) in [6.07, 6.45) is 6.18. The van der Waals surface area contributed by atoms with Gasteiger partial charge in [-0.05, 0) is 57.0 Å². The molecule has 41 heavy (non-hydrogen) atoms. The van der Waals surface area contributed by atoms with Gasteiger partial charge in [-0.1, -0.05) is 0 Å². The molecule has 2 aliphatic rings. The molecule has 0 spiro atoms. The van der Waals surface area contributed by atoms with Crippen molar-refractivity contribution in [2.75, 3.05) is 38.3 Å². The zero-order valence-corrected chi connectivity index (χ0v) is 24.2. The second kappa shape index (κ2) is 11.5. The van der Waals surface area contributed by atoms with Gasteiger partial charge in [0.2, 0.25) is 0 Å². The molecular formula is C28H35F2N5O5S. The number of anilines is 1. The van der Waals surface area contributed by atoms with Gasteiger partial charge in [-0.25, -0.2) is 18.5 Å². The number of alkyl halides is 1. The van der Waals surface area contributed by atoms with Crippen molar-refractivity contribution in [3.8, 4) is 5.75 Å². The number of pyridine rings is 1. The molecule has 1 aromatic carbocycles. The van der Waals surface area contributed by atoms with Gasteiger partial charge in [-0.15, -0.1) is 0 Å². The number of carbonyl (C=O) groups is 1. The van der Waals surface area contributed by atoms with Crippen molar-refractivity contribution in [2.24, 2.45) is 0 Å². The molecule has 4 heterocycles. The van der Waals surface area contributed by atoms with E-state index in [-0.39, 0.29) is 23.7 Å². The van der Waals surface area contributed by atoms with E-state index in [0.717, 1.165) is 41.2 Å². The number of imidazole rings is 1. The predicted molar refractivity (Wildman–Crippen MR) is 150 cm³/mol. The molecule has 2 saturated heterocycles. The molecule has 10 nitrogen and oxygen atoms in total. The van der Waals surface area contributed by atoms with Crippen LogP contribution in [0.1, 0.15) is 61.6 Å². The molecule has 0 saturated carbocycles. The van der Waals surface area contributed by atoms with Gasteiger partial charge in [0.1, 0.15) is 34.7 Å². The fourth-order valence-electron chi connectivity index (χ4n) is 5.43. The normalized spacial score (nSPS) is 18.8. The smallest absolute Gasteiger partial charge is 0.303 e. The Morgan fingerprint density at radius 2 is 1.98 bits per heavy atom. The first-order valence-electron chi connectivity index (χ1n) is 13.7. The number of rotatable bonds is 9. The second-order valence-electron chi connectivity index (χ2n) is 11.1. The van der Waals surface area contributed by atoms with Crippen LogP contribution in [0, 0.1) is 5.82 Å². The third kappa shape index (κ3) is 6.62. The number of aromatic nitrogens is 2. The Bertz CT molecular complexity index is 1520. The minimum Gasteiger partial charge on any atom is -0.490 e. The minimum absolute atomic E-state index is 0.00233. The highest BCUT2D eigenvalue weighted by Crippen LogP contribution is 2.41. The standard InChI is InChI=1S/C28H35F2N5O5S/c1-28(2,30)18-33(3)41(37,38)32-27(36)24-16-31-26-9-7-20(17-35(24)26)34-12-4-5-23(34)22-15-19(29)6-8-25(22)40-21-10-13-39-14-11-21/h6-9,15-17,21,23H,4-5,10-14,18H2,1-3H3,(H,32,36)/t23-/m1/s1. The quantitative estimate of drug-likeness (QED) is 0.401. The van der Waals surface area contributed by atoms with Gasteiger partial charge in [0.25, 0.3) is 5.91 Å². The topological polar surface area (TPSA) is 105 Å². The van der Waals surface area contributed by atoms with E-state index in [0.29, 0.717) is 31.2 Å². The van der Waals surface area contributed by atoms with Gasteiger partial charge in [-0.2, -0.15) is 12.7 Å². The van der Waals surface area contributed by atoms with Crippen molar-refractivity contribution in [3.63, 3.8) is 0 Å². The van der Waals surface area contributed by atoms with Crippen molar-refractivity contribution < 1.29 is 31.5 Å². The lowest BCUT2D eigenvalue weighted by atomic mass is 10.0. The van der Waals surface area contributed by atoms with Crippen LogP contribution in [0.3, 0.4) is 0 Å². The van der Waals surface area contributed by atoms with Gasteiger partial charge in [0, 0.05) is 44.7 Å². The largest absolute Gasteiger partial charge is 0.490 e. The second-order valence-corrected chi connectivity index (χ2v) is 12.9. The zero-order chi connectivity index (χ0) is 29.4. The highest BCUT2D eigenvalue weighted by molar-refractivity contribution is 7.87. The molecule has 2 fully saturated rings. The van der Waals surface area contributed by atoms with Gasteiger partial charge in [0.15, 0.2) is 0 Å². The van der Waals surface area contributed by atoms with E-state index >= 15 is 0 Å². The van der Waals surface area contributed by atoms with Gasteiger partial charge >= 0.3 is 10.2 Å². The number of amides is 1. The summed E-state index contributed by atoms with van der Waals surface area (Å²) in [6, 6.07) is 8.04. The number of benzene rings is 1. The van der Waals surface area contributed by atoms with E-state index in [1.54, 1.807) is 18.3 Å². The van der Waals surface area contributed by atoms with E-state index in [4.69, 9.17) is 9.47 Å². The number of halogens is 2. The van der Waals surface area contributed by atoms with E-state index < -0.39 is 28.3 Å². The molecule has 0 unspecified atom stereocenters. The zero-order valence-electron chi connectivity index (χ0n) is 23.3. The first kappa shape index (κ1) is 29.2. The van der Waals surface area contributed by atoms with Crippen LogP contribution in [-0.4, -0.2) is 73.1 Å². The van der Waals surface area contributed by atoms with Gasteiger partial charge < -0.3 is 14.4 Å². The maximum absolute atomic E-state index is 14.5. The van der Waals surface area contributed by atoms with Crippen LogP contribution < -0.4 is 14.4 Å². The Morgan fingerprint density at radius 1 is 1.22 bits per heavy atom. The van der Waals surface area contributed by atoms with Crippen LogP contribution in [0.25, 0.3) is 5.65 Å². The average molecular weight is 592 g/mol. The number of fused-ring (bicyclic) bond motifs is 1. The fraction of sp³-hybridized carbons (Fsp3) is 0.500. The van der Waals surface area contributed by atoms with Crippen molar-refractivity contribution in [3.05, 3.63) is 59.8 Å². The summed E-state index contributed by atoms with van der Waals surface area (Å²) in [7, 11) is -3.10. The number of ether oxygens (including phenoxy) is 2. The third-order valence-electron chi connectivity index (χ3n) is 7.33. The Kier molecular flexibility index (Phi) is 8.22. The molecular weight excluding hydrogens is 556 g/mol. The summed E-state index contributed by atoms with van der Waals surface area (Å²) in [5, 5.41) is 0. The number of hydrogen-bond acceptors (Lipinski definition) is 7. The van der Waals surface area contributed by atoms with Crippen LogP contribution in [0.4, 0.5) is 14.5 Å². The molecule has 13 heteroatoms. The van der Waals surface area contributed by atoms with E-state index in [1.807, 2.05) is 10.8 Å². The first-order chi connectivity index (χ1) is 19.4. The molecule has 1 atom stereocenters. The SMILES string of the molecule is CN(CC(C)(C)F)S(=O)(=O)NC(=O)c1cnc2ccc(N3CCC[C@@H]3c3cc(F)ccc3OC3CCOCC3)cn12. The molecule has 222 valence electrons. The Hall–Kier alpha value is -3.29. The fourth-order valence-corrected chi connectivity index (χ4v) is 6.40. The molecule has 2 aromatic heterocycles. The summed E-state index contributed by atoms with van der Waals surface area (Å²) >= 11 is 0. The van der Waals surface area contributed by atoms with Crippen molar-refractivity contribution in [1.29, 1.82) is 0 Å². The van der Waals surface area contributed by atoms with Crippen molar-refractivity contribution in [1.82, 2.24) is 18.4 Å². The first-order valence-corrected chi connectivity index (χ1v) is 15.1. The summed E-state index contributed by atoms with van der Waals surface area (Å²) < 4.78 is 69.9. The number of nitrogens with one attached hydrogen (secondary N) is 1. The molecule has 1 N–H and O–H groups in total. The monoisotopic (exact) mass is 591 g/mol. The van der Waals surface area contributed by atoms with Crippen molar-refractivity contribution in [2.45, 2.75) is 57.3 Å². The van der Waals surface area contributed by atoms with Crippen molar-refractivity contribution >= 4 is 27.5 Å². The highest BCUT2D eigenvalue weighted by atomic mass is 32.2. The van der Waals surface area contributed by atoms with E-state index in [1.165, 1.54) is 43.6 Å². The maximum Gasteiger partial charge on any atom is 0.303 e. The summed E-state index contributed by atoms with van der Waals surface area (Å²) in [5.41, 5.74) is 0.173. The van der Waals surface area contributed by atoms with E-state index in [2.05, 4.69) is 9.88 Å². The number of nitrogens with zero attached hydrogens (tertiary/aromatic N) is 4. The van der Waals surface area contributed by atoms with Crippen LogP contribution in [-0.2, 0) is 14.9 Å². The van der Waals surface area contributed by atoms with Gasteiger partial charge in [0.05, 0.1) is 31.1 Å². The average Bonchev–Trinajstić information content (AvgIpc) is 3.56. The van der Waals surface area contributed by atoms with Crippen LogP contribution in [0.5, 0.6) is 5.75 Å². The molecule has 5 rings (SSSR count). The summed E-state index contributed by atoms with van der Waals surface area (Å²) in [4.78, 5) is 19.4. The summed E-state index contributed by atoms with van der Waals surface area (Å²) in [6.45, 7) is 4.03. The Balaban J connectivity index is 1.41. The summed E-state index contributed by atoms with van der Waals surface area (Å²) in [5.74, 6) is -0.601. The molecule has 0 bridgehead atoms. The number of hydrogen-bond donors (Lipinski definition) is 1. The van der Waals surface area contributed by atoms with Crippen LogP contribution in [0.15, 0.2) is 42.7 Å². The van der Waals surface area contributed by atoms with Crippen LogP contribution >= 0.6 is 0 Å². The number of carbonyl (C=O) groups excluding carboxylic acids is 1. The van der Waals surface area contributed by atoms with Gasteiger partial charge in [-0.3, -0.25) is 9.20 Å². The molecule has 2 aliphatic heterocycles. The third-order valence-corrected chi connectivity index (χ3v) is 8.72. The Morgan fingerprint density at radius 3 is 2.71 bits per heavy atom. The molecule has 0 radical (unpaired) electrons. The lowest BCUT2D eigenvalue weighted by Crippen LogP contribution is -2.45. The Labute approximate surface area is 238 Å². The molecule has 3 aromatic rings. The lowest BCUT2D eigenvalue weighted by Gasteiger charge is -2.30. The predicted octanol–water partition coefficient (Wildman–Crippen LogP) is 4.03. The van der Waals surface area contributed by atoms with E-state index in [9.17, 15) is 22.0 Å². The molecule has 1 amide bonds. The van der Waals surface area contributed by atoms with Crippen LogP contribution in [0.2, 0.25) is 0 Å². The highest BCUT2D eigenvalue weighted by Gasteiger charge is 2.32. The minimum atomic E-state index is -4.29.